The lowest BCUT2D eigenvalue weighted by Crippen LogP contribution is -2.36. The number of amides is 1. The van der Waals surface area contributed by atoms with Crippen molar-refractivity contribution in [2.45, 2.75) is 19.3 Å². The number of carbonyl (C=O) groups excluding carboxylic acids is 1. The number of rotatable bonds is 3. The molecule has 3 heterocycles. The summed E-state index contributed by atoms with van der Waals surface area (Å²) in [5.74, 6) is -0.0123. The Balaban J connectivity index is 1.36. The van der Waals surface area contributed by atoms with Crippen molar-refractivity contribution < 1.29 is 9.53 Å². The van der Waals surface area contributed by atoms with E-state index in [1.54, 1.807) is 22.7 Å². The molecule has 1 fully saturated rings. The molecule has 0 unspecified atom stereocenters. The number of benzene rings is 1. The van der Waals surface area contributed by atoms with Gasteiger partial charge >= 0.3 is 0 Å². The zero-order chi connectivity index (χ0) is 17.5. The lowest BCUT2D eigenvalue weighted by Gasteiger charge is -2.25. The van der Waals surface area contributed by atoms with Gasteiger partial charge in [0.25, 0.3) is 5.91 Å². The molecule has 0 spiro atoms. The van der Waals surface area contributed by atoms with Crippen LogP contribution in [-0.2, 0) is 17.6 Å². The number of carbonyl (C=O) groups is 1. The SMILES string of the molecule is O=C(Nc1ccc2nc(N3CCOCC3)sc2c1)c1cc2c(s1)CCC2. The van der Waals surface area contributed by atoms with E-state index in [0.717, 1.165) is 65.1 Å². The molecule has 1 aliphatic heterocycles. The number of hydrogen-bond donors (Lipinski definition) is 1. The minimum atomic E-state index is -0.0123. The van der Waals surface area contributed by atoms with E-state index in [9.17, 15) is 4.79 Å². The third-order valence-electron chi connectivity index (χ3n) is 4.89. The number of ether oxygens (including phenoxy) is 1. The van der Waals surface area contributed by atoms with E-state index < -0.39 is 0 Å². The van der Waals surface area contributed by atoms with Crippen molar-refractivity contribution in [1.29, 1.82) is 0 Å². The summed E-state index contributed by atoms with van der Waals surface area (Å²) in [6.07, 6.45) is 3.44. The first-order valence-corrected chi connectivity index (χ1v) is 10.6. The van der Waals surface area contributed by atoms with Crippen molar-refractivity contribution in [3.63, 3.8) is 0 Å². The number of aryl methyl sites for hydroxylation is 2. The Labute approximate surface area is 159 Å². The minimum Gasteiger partial charge on any atom is -0.378 e. The number of nitrogens with one attached hydrogen (secondary N) is 1. The monoisotopic (exact) mass is 385 g/mol. The van der Waals surface area contributed by atoms with Crippen LogP contribution >= 0.6 is 22.7 Å². The number of nitrogens with zero attached hydrogens (tertiary/aromatic N) is 2. The second kappa shape index (κ2) is 6.64. The number of aromatic nitrogens is 1. The fourth-order valence-electron chi connectivity index (χ4n) is 3.51. The van der Waals surface area contributed by atoms with E-state index in [4.69, 9.17) is 9.72 Å². The van der Waals surface area contributed by atoms with Crippen molar-refractivity contribution in [3.8, 4) is 0 Å². The van der Waals surface area contributed by atoms with E-state index >= 15 is 0 Å². The molecule has 1 saturated heterocycles. The molecule has 5 rings (SSSR count). The molecule has 0 saturated carbocycles. The third-order valence-corrected chi connectivity index (χ3v) is 7.20. The van der Waals surface area contributed by atoms with Crippen LogP contribution in [0.3, 0.4) is 0 Å². The Hall–Kier alpha value is -1.96. The van der Waals surface area contributed by atoms with Crippen LogP contribution in [0.5, 0.6) is 0 Å². The highest BCUT2D eigenvalue weighted by molar-refractivity contribution is 7.22. The maximum atomic E-state index is 12.6. The predicted octanol–water partition coefficient (Wildman–Crippen LogP) is 3.94. The first-order valence-electron chi connectivity index (χ1n) is 8.92. The molecular weight excluding hydrogens is 366 g/mol. The van der Waals surface area contributed by atoms with Crippen molar-refractivity contribution in [2.75, 3.05) is 36.5 Å². The van der Waals surface area contributed by atoms with Crippen molar-refractivity contribution >= 4 is 49.6 Å². The number of thiazole rings is 1. The van der Waals surface area contributed by atoms with Gasteiger partial charge in [-0.1, -0.05) is 11.3 Å². The molecule has 5 nitrogen and oxygen atoms in total. The Bertz CT molecular complexity index is 951. The van der Waals surface area contributed by atoms with Crippen LogP contribution in [-0.4, -0.2) is 37.2 Å². The Morgan fingerprint density at radius 1 is 1.15 bits per heavy atom. The lowest BCUT2D eigenvalue weighted by atomic mass is 10.2. The largest absolute Gasteiger partial charge is 0.378 e. The van der Waals surface area contributed by atoms with Crippen molar-refractivity contribution in [3.05, 3.63) is 39.6 Å². The topological polar surface area (TPSA) is 54.5 Å². The molecule has 0 bridgehead atoms. The van der Waals surface area contributed by atoms with Crippen molar-refractivity contribution in [1.82, 2.24) is 4.98 Å². The maximum Gasteiger partial charge on any atom is 0.265 e. The van der Waals surface area contributed by atoms with Gasteiger partial charge in [-0.2, -0.15) is 0 Å². The van der Waals surface area contributed by atoms with Gasteiger partial charge < -0.3 is 15.0 Å². The summed E-state index contributed by atoms with van der Waals surface area (Å²) < 4.78 is 6.51. The smallest absolute Gasteiger partial charge is 0.265 e. The molecule has 0 atom stereocenters. The number of morpholine rings is 1. The summed E-state index contributed by atoms with van der Waals surface area (Å²) in [5, 5.41) is 4.07. The summed E-state index contributed by atoms with van der Waals surface area (Å²) in [5.41, 5.74) is 3.16. The summed E-state index contributed by atoms with van der Waals surface area (Å²) in [6, 6.07) is 8.00. The second-order valence-corrected chi connectivity index (χ2v) is 8.79. The average Bonchev–Trinajstić information content (AvgIpc) is 3.36. The highest BCUT2D eigenvalue weighted by atomic mass is 32.1. The predicted molar refractivity (Wildman–Crippen MR) is 107 cm³/mol. The van der Waals surface area contributed by atoms with Gasteiger partial charge in [0.2, 0.25) is 0 Å². The molecule has 1 amide bonds. The minimum absolute atomic E-state index is 0.0123. The van der Waals surface area contributed by atoms with Crippen LogP contribution in [0.25, 0.3) is 10.2 Å². The van der Waals surface area contributed by atoms with E-state index in [1.807, 2.05) is 18.2 Å². The quantitative estimate of drug-likeness (QED) is 0.742. The first-order chi connectivity index (χ1) is 12.8. The average molecular weight is 386 g/mol. The molecule has 2 aromatic heterocycles. The molecule has 26 heavy (non-hydrogen) atoms. The molecule has 134 valence electrons. The normalized spacial score (nSPS) is 16.8. The zero-order valence-corrected chi connectivity index (χ0v) is 15.9. The molecule has 1 aliphatic carbocycles. The van der Waals surface area contributed by atoms with Crippen LogP contribution in [0, 0.1) is 0 Å². The highest BCUT2D eigenvalue weighted by Gasteiger charge is 2.19. The van der Waals surface area contributed by atoms with Gasteiger partial charge in [0.15, 0.2) is 5.13 Å². The van der Waals surface area contributed by atoms with Gasteiger partial charge in [-0.15, -0.1) is 11.3 Å². The fraction of sp³-hybridized carbons (Fsp3) is 0.368. The van der Waals surface area contributed by atoms with Gasteiger partial charge in [0.1, 0.15) is 0 Å². The van der Waals surface area contributed by atoms with Gasteiger partial charge in [-0.25, -0.2) is 4.98 Å². The molecule has 0 radical (unpaired) electrons. The maximum absolute atomic E-state index is 12.6. The van der Waals surface area contributed by atoms with Crippen LogP contribution in [0.1, 0.15) is 26.5 Å². The van der Waals surface area contributed by atoms with E-state index in [2.05, 4.69) is 16.3 Å². The molecule has 3 aromatic rings. The zero-order valence-electron chi connectivity index (χ0n) is 14.3. The van der Waals surface area contributed by atoms with Crippen LogP contribution in [0.2, 0.25) is 0 Å². The Morgan fingerprint density at radius 2 is 2.04 bits per heavy atom. The number of anilines is 2. The summed E-state index contributed by atoms with van der Waals surface area (Å²) >= 11 is 3.31. The van der Waals surface area contributed by atoms with Crippen LogP contribution in [0.4, 0.5) is 10.8 Å². The third kappa shape index (κ3) is 3.00. The molecule has 1 aromatic carbocycles. The summed E-state index contributed by atoms with van der Waals surface area (Å²) in [6.45, 7) is 3.27. The Morgan fingerprint density at radius 3 is 2.88 bits per heavy atom. The molecule has 2 aliphatic rings. The number of fused-ring (bicyclic) bond motifs is 2. The van der Waals surface area contributed by atoms with E-state index in [0.29, 0.717) is 0 Å². The summed E-state index contributed by atoms with van der Waals surface area (Å²) in [7, 11) is 0. The molecular formula is C19H19N3O2S2. The van der Waals surface area contributed by atoms with Gasteiger partial charge in [0, 0.05) is 23.7 Å². The lowest BCUT2D eigenvalue weighted by molar-refractivity contribution is 0.103. The van der Waals surface area contributed by atoms with E-state index in [1.165, 1.54) is 16.9 Å². The molecule has 1 N–H and O–H groups in total. The number of thiophene rings is 1. The Kier molecular flexibility index (Phi) is 4.15. The summed E-state index contributed by atoms with van der Waals surface area (Å²) in [4.78, 5) is 21.8. The van der Waals surface area contributed by atoms with Crippen LogP contribution < -0.4 is 10.2 Å². The van der Waals surface area contributed by atoms with E-state index in [-0.39, 0.29) is 5.91 Å². The first kappa shape index (κ1) is 16.2. The van der Waals surface area contributed by atoms with Crippen molar-refractivity contribution in [2.24, 2.45) is 0 Å². The molecule has 7 heteroatoms. The highest BCUT2D eigenvalue weighted by Crippen LogP contribution is 2.33. The second-order valence-electron chi connectivity index (χ2n) is 6.65. The number of hydrogen-bond acceptors (Lipinski definition) is 6. The fourth-order valence-corrected chi connectivity index (χ4v) is 5.72. The van der Waals surface area contributed by atoms with Gasteiger partial charge in [0.05, 0.1) is 28.3 Å². The van der Waals surface area contributed by atoms with Crippen LogP contribution in [0.15, 0.2) is 24.3 Å². The van der Waals surface area contributed by atoms with Gasteiger partial charge in [-0.05, 0) is 49.1 Å². The van der Waals surface area contributed by atoms with Gasteiger partial charge in [-0.3, -0.25) is 4.79 Å². The standard InChI is InChI=1S/C19H19N3O2S2/c23-18(17-10-12-2-1-3-15(12)25-17)20-13-4-5-14-16(11-13)26-19(21-14)22-6-8-24-9-7-22/h4-5,10-11H,1-3,6-9H2,(H,20,23).